The van der Waals surface area contributed by atoms with Gasteiger partial charge in [0.2, 0.25) is 0 Å². The van der Waals surface area contributed by atoms with Gasteiger partial charge in [0.05, 0.1) is 6.04 Å². The summed E-state index contributed by atoms with van der Waals surface area (Å²) in [5.41, 5.74) is 1.63. The zero-order valence-corrected chi connectivity index (χ0v) is 16.4. The largest absolute Gasteiger partial charge is 0.423 e. The van der Waals surface area contributed by atoms with Crippen molar-refractivity contribution in [3.63, 3.8) is 0 Å². The molecule has 0 radical (unpaired) electrons. The fourth-order valence-electron chi connectivity index (χ4n) is 3.44. The molecule has 4 rings (SSSR count). The zero-order valence-electron chi connectivity index (χ0n) is 16.4. The Morgan fingerprint density at radius 1 is 1.18 bits per heavy atom. The molecule has 1 N–H and O–H groups in total. The van der Waals surface area contributed by atoms with Crippen molar-refractivity contribution >= 4 is 23.1 Å². The van der Waals surface area contributed by atoms with Crippen LogP contribution in [0, 0.1) is 5.92 Å². The van der Waals surface area contributed by atoms with E-state index in [0.717, 1.165) is 16.9 Å². The van der Waals surface area contributed by atoms with E-state index in [-0.39, 0.29) is 18.0 Å². The number of benzene rings is 1. The molecule has 0 aliphatic carbocycles. The number of amides is 2. The summed E-state index contributed by atoms with van der Waals surface area (Å²) >= 11 is 0. The summed E-state index contributed by atoms with van der Waals surface area (Å²) in [5.74, 6) is 0.960. The first-order valence-corrected chi connectivity index (χ1v) is 9.53. The molecule has 0 bridgehead atoms. The Morgan fingerprint density at radius 2 is 1.93 bits per heavy atom. The number of piperazine rings is 1. The van der Waals surface area contributed by atoms with Crippen LogP contribution in [0.15, 0.2) is 35.0 Å². The standard InChI is InChI=1S/C19H25N7O2/c1-13(2)16(17-20-12-21-24(17)3)23-18(27)25-8-10-26(11-9-25)19-22-14-6-4-5-7-15(14)28-19/h4-7,12-13,16H,8-11H2,1-3H3,(H,23,27)/t16-/m0/s1. The number of fused-ring (bicyclic) bond motifs is 1. The second-order valence-electron chi connectivity index (χ2n) is 7.35. The Morgan fingerprint density at radius 3 is 2.57 bits per heavy atom. The van der Waals surface area contributed by atoms with Crippen LogP contribution in [0.5, 0.6) is 0 Å². The third-order valence-electron chi connectivity index (χ3n) is 5.09. The highest BCUT2D eigenvalue weighted by molar-refractivity contribution is 5.76. The van der Waals surface area contributed by atoms with Crippen LogP contribution in [0.1, 0.15) is 25.7 Å². The Kier molecular flexibility index (Phi) is 4.89. The van der Waals surface area contributed by atoms with Crippen molar-refractivity contribution in [3.8, 4) is 0 Å². The number of aryl methyl sites for hydroxylation is 1. The highest BCUT2D eigenvalue weighted by atomic mass is 16.4. The number of hydrogen-bond acceptors (Lipinski definition) is 6. The summed E-state index contributed by atoms with van der Waals surface area (Å²) in [6.07, 6.45) is 1.51. The molecular formula is C19H25N7O2. The number of nitrogens with one attached hydrogen (secondary N) is 1. The van der Waals surface area contributed by atoms with Gasteiger partial charge in [-0.1, -0.05) is 26.0 Å². The summed E-state index contributed by atoms with van der Waals surface area (Å²) in [6.45, 7) is 6.69. The maximum atomic E-state index is 12.8. The van der Waals surface area contributed by atoms with Gasteiger partial charge in [-0.25, -0.2) is 9.78 Å². The molecule has 3 heterocycles. The average Bonchev–Trinajstić information content (AvgIpc) is 3.32. The predicted octanol–water partition coefficient (Wildman–Crippen LogP) is 2.19. The van der Waals surface area contributed by atoms with Crippen LogP contribution < -0.4 is 10.2 Å². The summed E-state index contributed by atoms with van der Waals surface area (Å²) < 4.78 is 7.54. The third kappa shape index (κ3) is 3.51. The first-order valence-electron chi connectivity index (χ1n) is 9.53. The van der Waals surface area contributed by atoms with Gasteiger partial charge in [0.15, 0.2) is 5.58 Å². The molecule has 1 aliphatic heterocycles. The summed E-state index contributed by atoms with van der Waals surface area (Å²) in [4.78, 5) is 25.5. The molecule has 9 heteroatoms. The van der Waals surface area contributed by atoms with Crippen molar-refractivity contribution in [1.29, 1.82) is 0 Å². The smallest absolute Gasteiger partial charge is 0.318 e. The molecular weight excluding hydrogens is 358 g/mol. The molecule has 9 nitrogen and oxygen atoms in total. The van der Waals surface area contributed by atoms with Crippen LogP contribution in [-0.4, -0.2) is 56.9 Å². The summed E-state index contributed by atoms with van der Waals surface area (Å²) in [7, 11) is 1.84. The molecule has 0 spiro atoms. The number of hydrogen-bond donors (Lipinski definition) is 1. The van der Waals surface area contributed by atoms with Gasteiger partial charge in [-0.15, -0.1) is 0 Å². The van der Waals surface area contributed by atoms with Gasteiger partial charge in [-0.2, -0.15) is 10.1 Å². The van der Waals surface area contributed by atoms with E-state index in [1.54, 1.807) is 4.68 Å². The van der Waals surface area contributed by atoms with Crippen molar-refractivity contribution in [2.45, 2.75) is 19.9 Å². The lowest BCUT2D eigenvalue weighted by Crippen LogP contribution is -2.53. The molecule has 148 valence electrons. The fraction of sp³-hybridized carbons (Fsp3) is 0.474. The van der Waals surface area contributed by atoms with Gasteiger partial charge in [0.25, 0.3) is 6.01 Å². The predicted molar refractivity (Wildman–Crippen MR) is 105 cm³/mol. The number of rotatable bonds is 4. The third-order valence-corrected chi connectivity index (χ3v) is 5.09. The van der Waals surface area contributed by atoms with Gasteiger partial charge in [0, 0.05) is 33.2 Å². The molecule has 0 saturated carbocycles. The molecule has 1 aliphatic rings. The number of carbonyl (C=O) groups excluding carboxylic acids is 1. The van der Waals surface area contributed by atoms with Crippen molar-refractivity contribution in [2.24, 2.45) is 13.0 Å². The SMILES string of the molecule is CC(C)[C@H](NC(=O)N1CCN(c2nc3ccccc3o2)CC1)c1ncnn1C. The van der Waals surface area contributed by atoms with Crippen LogP contribution >= 0.6 is 0 Å². The second kappa shape index (κ2) is 7.49. The van der Waals surface area contributed by atoms with Gasteiger partial charge in [0.1, 0.15) is 17.7 Å². The van der Waals surface area contributed by atoms with Gasteiger partial charge >= 0.3 is 6.03 Å². The first kappa shape index (κ1) is 18.3. The van der Waals surface area contributed by atoms with Crippen molar-refractivity contribution in [1.82, 2.24) is 30.0 Å². The number of anilines is 1. The number of carbonyl (C=O) groups is 1. The van der Waals surface area contributed by atoms with Crippen molar-refractivity contribution in [3.05, 3.63) is 36.4 Å². The van der Waals surface area contributed by atoms with E-state index in [0.29, 0.717) is 32.2 Å². The lowest BCUT2D eigenvalue weighted by Gasteiger charge is -2.35. The Hall–Kier alpha value is -3.10. The fourth-order valence-corrected chi connectivity index (χ4v) is 3.44. The molecule has 2 amide bonds. The molecule has 0 unspecified atom stereocenters. The molecule has 1 aromatic carbocycles. The molecule has 1 saturated heterocycles. The zero-order chi connectivity index (χ0) is 19.7. The van der Waals surface area contributed by atoms with Gasteiger partial charge < -0.3 is 19.5 Å². The number of nitrogens with zero attached hydrogens (tertiary/aromatic N) is 6. The van der Waals surface area contributed by atoms with Crippen LogP contribution in [0.25, 0.3) is 11.1 Å². The van der Waals surface area contributed by atoms with E-state index >= 15 is 0 Å². The minimum absolute atomic E-state index is 0.0843. The molecule has 1 fully saturated rings. The maximum Gasteiger partial charge on any atom is 0.318 e. The highest BCUT2D eigenvalue weighted by Crippen LogP contribution is 2.23. The second-order valence-corrected chi connectivity index (χ2v) is 7.35. The molecule has 28 heavy (non-hydrogen) atoms. The minimum Gasteiger partial charge on any atom is -0.423 e. The number of urea groups is 1. The van der Waals surface area contributed by atoms with E-state index < -0.39 is 0 Å². The quantitative estimate of drug-likeness (QED) is 0.742. The van der Waals surface area contributed by atoms with Gasteiger partial charge in [-0.3, -0.25) is 4.68 Å². The molecule has 1 atom stereocenters. The lowest BCUT2D eigenvalue weighted by atomic mass is 10.0. The van der Waals surface area contributed by atoms with E-state index in [1.165, 1.54) is 6.33 Å². The monoisotopic (exact) mass is 383 g/mol. The van der Waals surface area contributed by atoms with E-state index in [2.05, 4.69) is 39.1 Å². The van der Waals surface area contributed by atoms with Crippen LogP contribution in [0.4, 0.5) is 10.8 Å². The van der Waals surface area contributed by atoms with Gasteiger partial charge in [-0.05, 0) is 18.1 Å². The minimum atomic E-state index is -0.185. The molecule has 3 aromatic rings. The van der Waals surface area contributed by atoms with Crippen LogP contribution in [0.3, 0.4) is 0 Å². The number of oxazole rings is 1. The lowest BCUT2D eigenvalue weighted by molar-refractivity contribution is 0.184. The topological polar surface area (TPSA) is 92.3 Å². The first-order chi connectivity index (χ1) is 13.5. The maximum absolute atomic E-state index is 12.8. The summed E-state index contributed by atoms with van der Waals surface area (Å²) in [5, 5.41) is 7.23. The van der Waals surface area contributed by atoms with E-state index in [9.17, 15) is 4.79 Å². The average molecular weight is 383 g/mol. The Balaban J connectivity index is 1.38. The van der Waals surface area contributed by atoms with Crippen LogP contribution in [-0.2, 0) is 7.05 Å². The van der Waals surface area contributed by atoms with E-state index in [4.69, 9.17) is 4.42 Å². The normalized spacial score (nSPS) is 16.0. The van der Waals surface area contributed by atoms with Crippen molar-refractivity contribution < 1.29 is 9.21 Å². The highest BCUT2D eigenvalue weighted by Gasteiger charge is 2.28. The molecule has 2 aromatic heterocycles. The van der Waals surface area contributed by atoms with Crippen LogP contribution in [0.2, 0.25) is 0 Å². The Bertz CT molecular complexity index is 923. The Labute approximate surface area is 163 Å². The van der Waals surface area contributed by atoms with E-state index in [1.807, 2.05) is 36.2 Å². The summed E-state index contributed by atoms with van der Waals surface area (Å²) in [6, 6.07) is 8.06. The number of aromatic nitrogens is 4. The van der Waals surface area contributed by atoms with Crippen molar-refractivity contribution in [2.75, 3.05) is 31.1 Å². The number of para-hydroxylation sites is 2.